The van der Waals surface area contributed by atoms with Crippen LogP contribution in [0.4, 0.5) is 0 Å². The number of hydrogen-bond acceptors (Lipinski definition) is 2. The normalized spacial score (nSPS) is 10.1. The van der Waals surface area contributed by atoms with E-state index in [-0.39, 0.29) is 0 Å². The summed E-state index contributed by atoms with van der Waals surface area (Å²) in [6, 6.07) is 3.78. The molecule has 1 rings (SSSR count). The first-order valence-corrected chi connectivity index (χ1v) is 3.53. The Bertz CT molecular complexity index is 156. The summed E-state index contributed by atoms with van der Waals surface area (Å²) in [5.41, 5.74) is 0. The van der Waals surface area contributed by atoms with Gasteiger partial charge >= 0.3 is 0 Å². The number of furan rings is 1. The van der Waals surface area contributed by atoms with E-state index in [1.807, 2.05) is 12.1 Å². The predicted molar refractivity (Wildman–Crippen MR) is 38.7 cm³/mol. The molecule has 0 saturated heterocycles. The highest BCUT2D eigenvalue weighted by molar-refractivity contribution is 4.95. The van der Waals surface area contributed by atoms with Crippen LogP contribution in [0.3, 0.4) is 0 Å². The summed E-state index contributed by atoms with van der Waals surface area (Å²) in [6.45, 7) is 3.49. The molecule has 0 fully saturated rings. The quantitative estimate of drug-likeness (QED) is 0.598. The zero-order valence-corrected chi connectivity index (χ0v) is 6.17. The van der Waals surface area contributed by atoms with Crippen molar-refractivity contribution in [3.63, 3.8) is 0 Å². The minimum absolute atomic E-state index is 0.598. The van der Waals surface area contributed by atoms with E-state index in [4.69, 9.17) is 9.15 Å². The first kappa shape index (κ1) is 7.35. The molecule has 0 N–H and O–H groups in total. The van der Waals surface area contributed by atoms with Crippen LogP contribution in [0.15, 0.2) is 22.8 Å². The summed E-state index contributed by atoms with van der Waals surface area (Å²) in [6.07, 6.45) is 2.71. The summed E-state index contributed by atoms with van der Waals surface area (Å²) >= 11 is 0. The van der Waals surface area contributed by atoms with Gasteiger partial charge in [-0.3, -0.25) is 0 Å². The van der Waals surface area contributed by atoms with E-state index >= 15 is 0 Å². The van der Waals surface area contributed by atoms with Gasteiger partial charge in [-0.15, -0.1) is 0 Å². The van der Waals surface area contributed by atoms with Gasteiger partial charge in [0.1, 0.15) is 12.4 Å². The van der Waals surface area contributed by atoms with Crippen LogP contribution in [0.25, 0.3) is 0 Å². The Labute approximate surface area is 60.8 Å². The predicted octanol–water partition coefficient (Wildman–Crippen LogP) is 2.21. The van der Waals surface area contributed by atoms with Gasteiger partial charge in [0.05, 0.1) is 6.26 Å². The third-order valence-corrected chi connectivity index (χ3v) is 1.17. The summed E-state index contributed by atoms with van der Waals surface area (Å²) in [4.78, 5) is 0. The fourth-order valence-corrected chi connectivity index (χ4v) is 0.712. The van der Waals surface area contributed by atoms with E-state index in [0.717, 1.165) is 18.8 Å². The Balaban J connectivity index is 2.15. The van der Waals surface area contributed by atoms with E-state index in [2.05, 4.69) is 6.92 Å². The van der Waals surface area contributed by atoms with Crippen molar-refractivity contribution in [2.24, 2.45) is 0 Å². The van der Waals surface area contributed by atoms with E-state index in [9.17, 15) is 0 Å². The van der Waals surface area contributed by atoms with Crippen LogP contribution in [0.1, 0.15) is 19.1 Å². The lowest BCUT2D eigenvalue weighted by atomic mass is 10.5. The molecule has 0 atom stereocenters. The zero-order valence-electron chi connectivity index (χ0n) is 6.17. The third kappa shape index (κ3) is 2.23. The molecule has 0 aliphatic carbocycles. The number of hydrogen-bond donors (Lipinski definition) is 0. The summed E-state index contributed by atoms with van der Waals surface area (Å²) < 4.78 is 10.3. The van der Waals surface area contributed by atoms with Crippen LogP contribution in [-0.2, 0) is 11.3 Å². The molecule has 1 aromatic rings. The maximum atomic E-state index is 5.23. The van der Waals surface area contributed by atoms with E-state index < -0.39 is 0 Å². The molecule has 10 heavy (non-hydrogen) atoms. The third-order valence-electron chi connectivity index (χ3n) is 1.17. The second-order valence-corrected chi connectivity index (χ2v) is 2.13. The molecular weight excluding hydrogens is 128 g/mol. The Morgan fingerprint density at radius 1 is 1.60 bits per heavy atom. The van der Waals surface area contributed by atoms with E-state index in [1.54, 1.807) is 6.26 Å². The fraction of sp³-hybridized carbons (Fsp3) is 0.500. The van der Waals surface area contributed by atoms with Gasteiger partial charge in [0.2, 0.25) is 0 Å². The molecule has 0 saturated carbocycles. The molecule has 1 aromatic heterocycles. The van der Waals surface area contributed by atoms with Crippen molar-refractivity contribution in [1.29, 1.82) is 0 Å². The van der Waals surface area contributed by atoms with Crippen LogP contribution in [0.5, 0.6) is 0 Å². The van der Waals surface area contributed by atoms with Gasteiger partial charge in [-0.2, -0.15) is 0 Å². The van der Waals surface area contributed by atoms with Gasteiger partial charge in [-0.25, -0.2) is 0 Å². The van der Waals surface area contributed by atoms with Gasteiger partial charge in [-0.05, 0) is 18.6 Å². The fourth-order valence-electron chi connectivity index (χ4n) is 0.712. The van der Waals surface area contributed by atoms with Crippen molar-refractivity contribution in [2.75, 3.05) is 6.61 Å². The summed E-state index contributed by atoms with van der Waals surface area (Å²) in [7, 11) is 0. The van der Waals surface area contributed by atoms with Gasteiger partial charge in [0.15, 0.2) is 0 Å². The van der Waals surface area contributed by atoms with Crippen LogP contribution in [0, 0.1) is 0 Å². The van der Waals surface area contributed by atoms with Crippen LogP contribution < -0.4 is 0 Å². The first-order chi connectivity index (χ1) is 4.93. The van der Waals surface area contributed by atoms with Crippen molar-refractivity contribution in [2.45, 2.75) is 20.0 Å². The molecular formula is C8H12O2. The van der Waals surface area contributed by atoms with Crippen molar-refractivity contribution in [3.8, 4) is 0 Å². The molecule has 0 spiro atoms. The van der Waals surface area contributed by atoms with Crippen LogP contribution in [0.2, 0.25) is 0 Å². The Morgan fingerprint density at radius 3 is 3.10 bits per heavy atom. The molecule has 0 unspecified atom stereocenters. The molecule has 0 amide bonds. The molecule has 2 nitrogen and oxygen atoms in total. The van der Waals surface area contributed by atoms with Gasteiger partial charge < -0.3 is 9.15 Å². The molecule has 0 radical (unpaired) electrons. The highest BCUT2D eigenvalue weighted by atomic mass is 16.5. The number of ether oxygens (including phenoxy) is 1. The largest absolute Gasteiger partial charge is 0.467 e. The molecule has 56 valence electrons. The van der Waals surface area contributed by atoms with Crippen molar-refractivity contribution < 1.29 is 9.15 Å². The standard InChI is InChI=1S/C8H12O2/c1-2-5-9-7-8-4-3-6-10-8/h3-4,6H,2,5,7H2,1H3. The van der Waals surface area contributed by atoms with E-state index in [0.29, 0.717) is 6.61 Å². The molecule has 0 bridgehead atoms. The monoisotopic (exact) mass is 140 g/mol. The minimum Gasteiger partial charge on any atom is -0.467 e. The molecule has 0 aliphatic rings. The van der Waals surface area contributed by atoms with Gasteiger partial charge in [-0.1, -0.05) is 6.92 Å². The highest BCUT2D eigenvalue weighted by Gasteiger charge is 1.92. The highest BCUT2D eigenvalue weighted by Crippen LogP contribution is 2.01. The van der Waals surface area contributed by atoms with Gasteiger partial charge in [0, 0.05) is 6.61 Å². The maximum Gasteiger partial charge on any atom is 0.129 e. The summed E-state index contributed by atoms with van der Waals surface area (Å²) in [5, 5.41) is 0. The Kier molecular flexibility index (Phi) is 3.03. The Morgan fingerprint density at radius 2 is 2.50 bits per heavy atom. The van der Waals surface area contributed by atoms with Crippen molar-refractivity contribution >= 4 is 0 Å². The lowest BCUT2D eigenvalue weighted by Gasteiger charge is -1.96. The van der Waals surface area contributed by atoms with Gasteiger partial charge in [0.25, 0.3) is 0 Å². The van der Waals surface area contributed by atoms with Crippen molar-refractivity contribution in [3.05, 3.63) is 24.2 Å². The average molecular weight is 140 g/mol. The van der Waals surface area contributed by atoms with Crippen LogP contribution in [-0.4, -0.2) is 6.61 Å². The number of rotatable bonds is 4. The second kappa shape index (κ2) is 4.12. The lowest BCUT2D eigenvalue weighted by molar-refractivity contribution is 0.107. The molecule has 0 aliphatic heterocycles. The minimum atomic E-state index is 0.598. The maximum absolute atomic E-state index is 5.23. The lowest BCUT2D eigenvalue weighted by Crippen LogP contribution is -1.91. The van der Waals surface area contributed by atoms with Crippen molar-refractivity contribution in [1.82, 2.24) is 0 Å². The topological polar surface area (TPSA) is 22.4 Å². The molecule has 1 heterocycles. The SMILES string of the molecule is CCCOCc1ccco1. The smallest absolute Gasteiger partial charge is 0.129 e. The average Bonchev–Trinajstić information content (AvgIpc) is 2.41. The van der Waals surface area contributed by atoms with Crippen LogP contribution >= 0.6 is 0 Å². The Hall–Kier alpha value is -0.760. The zero-order chi connectivity index (χ0) is 7.23. The molecule has 2 heteroatoms. The first-order valence-electron chi connectivity index (χ1n) is 3.53. The van der Waals surface area contributed by atoms with E-state index in [1.165, 1.54) is 0 Å². The molecule has 0 aromatic carbocycles. The summed E-state index contributed by atoms with van der Waals surface area (Å²) in [5.74, 6) is 0.897. The second-order valence-electron chi connectivity index (χ2n) is 2.13.